The zero-order chi connectivity index (χ0) is 16.0. The first kappa shape index (κ1) is 13.3. The van der Waals surface area contributed by atoms with Crippen LogP contribution in [-0.2, 0) is 9.47 Å². The minimum Gasteiger partial charge on any atom is -0.449 e. The van der Waals surface area contributed by atoms with E-state index < -0.39 is 11.9 Å². The van der Waals surface area contributed by atoms with Gasteiger partial charge in [-0.2, -0.15) is 0 Å². The van der Waals surface area contributed by atoms with Gasteiger partial charge in [0.15, 0.2) is 0 Å². The van der Waals surface area contributed by atoms with E-state index in [-0.39, 0.29) is 11.7 Å². The van der Waals surface area contributed by atoms with Crippen LogP contribution in [0.2, 0.25) is 0 Å². The minimum absolute atomic E-state index is 0.203. The second-order valence-electron chi connectivity index (χ2n) is 5.03. The molecule has 4 bridgehead atoms. The molecule has 0 N–H and O–H groups in total. The predicted octanol–water partition coefficient (Wildman–Crippen LogP) is 3.38. The molecule has 23 heavy (non-hydrogen) atoms. The lowest BCUT2D eigenvalue weighted by atomic mass is 10.0. The number of hydrogen-bond acceptors (Lipinski definition) is 5. The maximum atomic E-state index is 12.4. The van der Waals surface area contributed by atoms with Gasteiger partial charge in [-0.1, -0.05) is 12.7 Å². The third-order valence-corrected chi connectivity index (χ3v) is 3.62. The summed E-state index contributed by atoms with van der Waals surface area (Å²) in [6.07, 6.45) is 1.49. The first-order chi connectivity index (χ1) is 11.2. The normalized spacial score (nSPS) is 18.4. The topological polar surface area (TPSA) is 61.8 Å². The maximum Gasteiger partial charge on any atom is 0.346 e. The fourth-order valence-electron chi connectivity index (χ4n) is 2.45. The second-order valence-corrected chi connectivity index (χ2v) is 5.03. The third-order valence-electron chi connectivity index (χ3n) is 3.62. The highest BCUT2D eigenvalue weighted by Gasteiger charge is 2.28. The zero-order valence-electron chi connectivity index (χ0n) is 11.9. The Kier molecular flexibility index (Phi) is 2.81. The lowest BCUT2D eigenvalue weighted by Gasteiger charge is -2.19. The molecular formula is C18H10O5. The molecule has 0 unspecified atom stereocenters. The minimum atomic E-state index is -0.646. The summed E-state index contributed by atoms with van der Waals surface area (Å²) in [6, 6.07) is 11.7. The van der Waals surface area contributed by atoms with Crippen LogP contribution in [-0.4, -0.2) is 11.9 Å². The van der Waals surface area contributed by atoms with E-state index in [1.54, 1.807) is 24.3 Å². The van der Waals surface area contributed by atoms with Gasteiger partial charge in [0, 0.05) is 5.56 Å². The Labute approximate surface area is 131 Å². The summed E-state index contributed by atoms with van der Waals surface area (Å²) in [5.74, 6) is -0.776. The smallest absolute Gasteiger partial charge is 0.346 e. The van der Waals surface area contributed by atoms with E-state index in [4.69, 9.17) is 14.2 Å². The highest BCUT2D eigenvalue weighted by Crippen LogP contribution is 2.33. The third kappa shape index (κ3) is 2.10. The van der Waals surface area contributed by atoms with Crippen molar-refractivity contribution in [2.75, 3.05) is 0 Å². The number of hydrogen-bond donors (Lipinski definition) is 0. The lowest BCUT2D eigenvalue weighted by Crippen LogP contribution is -2.15. The van der Waals surface area contributed by atoms with E-state index in [0.29, 0.717) is 28.0 Å². The highest BCUT2D eigenvalue weighted by molar-refractivity contribution is 5.99. The molecule has 2 aromatic carbocycles. The lowest BCUT2D eigenvalue weighted by molar-refractivity contribution is 0.0230. The van der Waals surface area contributed by atoms with Crippen LogP contribution < -0.4 is 4.74 Å². The Hall–Kier alpha value is -3.34. The fourth-order valence-corrected chi connectivity index (χ4v) is 2.45. The van der Waals surface area contributed by atoms with Crippen LogP contribution in [0, 0.1) is 0 Å². The van der Waals surface area contributed by atoms with Gasteiger partial charge in [0.2, 0.25) is 5.76 Å². The molecule has 5 nitrogen and oxygen atoms in total. The van der Waals surface area contributed by atoms with Gasteiger partial charge in [0.25, 0.3) is 0 Å². The number of carbonyl (C=O) groups excluding carboxylic acids is 2. The van der Waals surface area contributed by atoms with E-state index in [9.17, 15) is 9.59 Å². The molecule has 0 amide bonds. The van der Waals surface area contributed by atoms with Gasteiger partial charge < -0.3 is 14.2 Å². The van der Waals surface area contributed by atoms with Gasteiger partial charge in [-0.15, -0.1) is 0 Å². The zero-order valence-corrected chi connectivity index (χ0v) is 11.9. The second kappa shape index (κ2) is 4.84. The van der Waals surface area contributed by atoms with E-state index in [2.05, 4.69) is 6.58 Å². The molecule has 0 spiro atoms. The molecule has 0 saturated heterocycles. The maximum absolute atomic E-state index is 12.4. The van der Waals surface area contributed by atoms with Crippen molar-refractivity contribution in [3.05, 3.63) is 77.2 Å². The number of esters is 2. The van der Waals surface area contributed by atoms with Crippen molar-refractivity contribution in [3.63, 3.8) is 0 Å². The van der Waals surface area contributed by atoms with Crippen LogP contribution in [0.1, 0.15) is 31.8 Å². The van der Waals surface area contributed by atoms with Crippen molar-refractivity contribution in [3.8, 4) is 5.75 Å². The Balaban J connectivity index is 1.86. The standard InChI is InChI=1S/C18H10O5/c1-2-10-9-12-5-8-14(10)17(20)23-18(22-16(12)19)15-11-3-6-13(21-15)7-4-11/h2-9H,1H2/b18-15-. The highest BCUT2D eigenvalue weighted by atomic mass is 16.7. The molecular weight excluding hydrogens is 296 g/mol. The average Bonchev–Trinajstić information content (AvgIpc) is 2.69. The summed E-state index contributed by atoms with van der Waals surface area (Å²) >= 11 is 0. The van der Waals surface area contributed by atoms with Crippen LogP contribution in [0.4, 0.5) is 0 Å². The molecule has 6 rings (SSSR count). The van der Waals surface area contributed by atoms with E-state index in [1.807, 2.05) is 0 Å². The van der Waals surface area contributed by atoms with Crippen LogP contribution >= 0.6 is 0 Å². The van der Waals surface area contributed by atoms with Crippen molar-refractivity contribution >= 4 is 23.8 Å². The number of rotatable bonds is 1. The first-order valence-corrected chi connectivity index (χ1v) is 6.89. The number of fused-ring (bicyclic) bond motifs is 9. The van der Waals surface area contributed by atoms with Crippen molar-refractivity contribution in [2.24, 2.45) is 0 Å². The quantitative estimate of drug-likeness (QED) is 0.756. The number of ether oxygens (including phenoxy) is 3. The van der Waals surface area contributed by atoms with E-state index in [1.165, 1.54) is 24.3 Å². The number of carbonyl (C=O) groups is 2. The molecule has 0 saturated carbocycles. The van der Waals surface area contributed by atoms with Crippen LogP contribution in [0.25, 0.3) is 11.8 Å². The first-order valence-electron chi connectivity index (χ1n) is 6.89. The summed E-state index contributed by atoms with van der Waals surface area (Å²) < 4.78 is 16.1. The molecule has 0 atom stereocenters. The summed E-state index contributed by atoms with van der Waals surface area (Å²) in [4.78, 5) is 24.6. The average molecular weight is 306 g/mol. The van der Waals surface area contributed by atoms with Gasteiger partial charge in [0.05, 0.1) is 11.1 Å². The Morgan fingerprint density at radius 1 is 0.826 bits per heavy atom. The van der Waals surface area contributed by atoms with E-state index in [0.717, 1.165) is 0 Å². The molecule has 0 radical (unpaired) electrons. The summed E-state index contributed by atoms with van der Waals surface area (Å²) in [7, 11) is 0. The van der Waals surface area contributed by atoms with Crippen molar-refractivity contribution in [1.29, 1.82) is 0 Å². The molecule has 0 aliphatic carbocycles. The Morgan fingerprint density at radius 2 is 1.52 bits per heavy atom. The molecule has 112 valence electrons. The van der Waals surface area contributed by atoms with Gasteiger partial charge >= 0.3 is 17.9 Å². The van der Waals surface area contributed by atoms with Gasteiger partial charge in [-0.05, 0) is 48.0 Å². The SMILES string of the molecule is C=Cc1cc2ccc1C(=O)O/C(=C1\Oc3ccc1cc3)OC2=O. The molecule has 2 aromatic rings. The molecule has 4 heterocycles. The molecule has 4 aliphatic heterocycles. The van der Waals surface area contributed by atoms with Crippen LogP contribution in [0.5, 0.6) is 5.75 Å². The van der Waals surface area contributed by atoms with E-state index >= 15 is 0 Å². The summed E-state index contributed by atoms with van der Waals surface area (Å²) in [6.45, 7) is 3.65. The van der Waals surface area contributed by atoms with Crippen molar-refractivity contribution < 1.29 is 23.8 Å². The largest absolute Gasteiger partial charge is 0.449 e. The van der Waals surface area contributed by atoms with Gasteiger partial charge in [-0.25, -0.2) is 9.59 Å². The number of benzene rings is 2. The summed E-state index contributed by atoms with van der Waals surface area (Å²) in [5, 5.41) is 0. The molecule has 4 aliphatic rings. The van der Waals surface area contributed by atoms with Crippen molar-refractivity contribution in [1.82, 2.24) is 0 Å². The van der Waals surface area contributed by atoms with Crippen molar-refractivity contribution in [2.45, 2.75) is 0 Å². The van der Waals surface area contributed by atoms with Gasteiger partial charge in [0.1, 0.15) is 5.75 Å². The van der Waals surface area contributed by atoms with Crippen LogP contribution in [0.3, 0.4) is 0 Å². The van der Waals surface area contributed by atoms with Gasteiger partial charge in [-0.3, -0.25) is 0 Å². The molecule has 5 heteroatoms. The molecule has 0 fully saturated rings. The summed E-state index contributed by atoms with van der Waals surface area (Å²) in [5.41, 5.74) is 1.75. The monoisotopic (exact) mass is 306 g/mol. The van der Waals surface area contributed by atoms with Crippen LogP contribution in [0.15, 0.2) is 55.0 Å². The Morgan fingerprint density at radius 3 is 2.17 bits per heavy atom. The fraction of sp³-hybridized carbons (Fsp3) is 0. The molecule has 0 aromatic heterocycles. The Bertz CT molecular complexity index is 890. The predicted molar refractivity (Wildman–Crippen MR) is 81.4 cm³/mol.